The molecule has 4 rings (SSSR count). The lowest BCUT2D eigenvalue weighted by Gasteiger charge is -2.42. The normalized spacial score (nSPS) is 31.5. The number of ether oxygens (including phenoxy) is 1. The van der Waals surface area contributed by atoms with Crippen LogP contribution in [0.4, 0.5) is 8.78 Å². The molecule has 0 aromatic heterocycles. The largest absolute Gasteiger partial charge is 0.368 e. The first-order valence-electron chi connectivity index (χ1n) is 12.2. The molecule has 1 heterocycles. The van der Waals surface area contributed by atoms with Crippen molar-refractivity contribution in [1.82, 2.24) is 0 Å². The van der Waals surface area contributed by atoms with Gasteiger partial charge in [-0.05, 0) is 86.3 Å². The van der Waals surface area contributed by atoms with Crippen molar-refractivity contribution in [2.24, 2.45) is 23.7 Å². The van der Waals surface area contributed by atoms with E-state index in [1.165, 1.54) is 64.2 Å². The van der Waals surface area contributed by atoms with Crippen LogP contribution in [-0.2, 0) is 11.2 Å². The van der Waals surface area contributed by atoms with Crippen LogP contribution in [0.5, 0.6) is 0 Å². The highest BCUT2D eigenvalue weighted by Crippen LogP contribution is 2.47. The summed E-state index contributed by atoms with van der Waals surface area (Å²) >= 11 is 0. The Bertz CT molecular complexity index is 696. The fraction of sp³-hybridized carbons (Fsp3) is 0.769. The highest BCUT2D eigenvalue weighted by atomic mass is 19.2. The fourth-order valence-electron chi connectivity index (χ4n) is 6.22. The van der Waals surface area contributed by atoms with E-state index in [0.29, 0.717) is 30.1 Å². The Morgan fingerprint density at radius 2 is 1.59 bits per heavy atom. The number of aryl methyl sites for hydroxylation is 1. The highest BCUT2D eigenvalue weighted by Gasteiger charge is 2.35. The molecule has 1 aromatic rings. The van der Waals surface area contributed by atoms with Gasteiger partial charge < -0.3 is 4.74 Å². The minimum atomic E-state index is -0.682. The predicted octanol–water partition coefficient (Wildman–Crippen LogP) is 7.69. The Hall–Kier alpha value is -0.960. The fourth-order valence-corrected chi connectivity index (χ4v) is 6.22. The average molecular weight is 405 g/mol. The van der Waals surface area contributed by atoms with E-state index >= 15 is 0 Å². The van der Waals surface area contributed by atoms with E-state index < -0.39 is 11.6 Å². The van der Waals surface area contributed by atoms with E-state index in [1.807, 2.05) is 13.0 Å². The highest BCUT2D eigenvalue weighted by molar-refractivity contribution is 5.36. The molecule has 0 N–H and O–H groups in total. The second-order valence-corrected chi connectivity index (χ2v) is 10.1. The van der Waals surface area contributed by atoms with E-state index in [9.17, 15) is 8.78 Å². The van der Waals surface area contributed by atoms with Gasteiger partial charge in [0, 0.05) is 5.56 Å². The first-order chi connectivity index (χ1) is 14.1. The van der Waals surface area contributed by atoms with Crippen molar-refractivity contribution in [3.63, 3.8) is 0 Å². The lowest BCUT2D eigenvalue weighted by Crippen LogP contribution is -2.31. The van der Waals surface area contributed by atoms with Crippen LogP contribution in [0.1, 0.15) is 100 Å². The second kappa shape index (κ2) is 9.45. The summed E-state index contributed by atoms with van der Waals surface area (Å²) in [6, 6.07) is 1.81. The third-order valence-electron chi connectivity index (χ3n) is 8.09. The summed E-state index contributed by atoms with van der Waals surface area (Å²) in [5.74, 6) is 2.15. The number of hydrogen-bond acceptors (Lipinski definition) is 1. The molecule has 3 fully saturated rings. The van der Waals surface area contributed by atoms with Crippen molar-refractivity contribution in [2.75, 3.05) is 6.61 Å². The summed E-state index contributed by atoms with van der Waals surface area (Å²) in [7, 11) is 0. The van der Waals surface area contributed by atoms with Crippen LogP contribution >= 0.6 is 0 Å². The lowest BCUT2D eigenvalue weighted by molar-refractivity contribution is 0.0914. The summed E-state index contributed by atoms with van der Waals surface area (Å²) in [6.07, 6.45) is 15.2. The Morgan fingerprint density at radius 1 is 0.931 bits per heavy atom. The molecule has 3 aliphatic rings. The summed E-state index contributed by atoms with van der Waals surface area (Å²) < 4.78 is 34.2. The van der Waals surface area contributed by atoms with Crippen LogP contribution in [0.25, 0.3) is 0 Å². The van der Waals surface area contributed by atoms with E-state index in [0.717, 1.165) is 29.7 Å². The Morgan fingerprint density at radius 3 is 2.21 bits per heavy atom. The number of epoxide rings is 1. The summed E-state index contributed by atoms with van der Waals surface area (Å²) in [4.78, 5) is 0. The molecule has 2 aliphatic carbocycles. The SMILES string of the molecule is CCCCCC1CCC2CC(CCc3c(C)cc(C4CO4)c(F)c3F)CCC2C1. The first-order valence-corrected chi connectivity index (χ1v) is 12.2. The van der Waals surface area contributed by atoms with Gasteiger partial charge in [0.15, 0.2) is 11.6 Å². The number of halogens is 2. The third kappa shape index (κ3) is 5.03. The van der Waals surface area contributed by atoms with Gasteiger partial charge in [0.25, 0.3) is 0 Å². The van der Waals surface area contributed by atoms with Gasteiger partial charge >= 0.3 is 0 Å². The number of unbranched alkanes of at least 4 members (excludes halogenated alkanes) is 2. The molecule has 5 unspecified atom stereocenters. The lowest BCUT2D eigenvalue weighted by atomic mass is 9.63. The Balaban J connectivity index is 1.29. The van der Waals surface area contributed by atoms with Crippen LogP contribution < -0.4 is 0 Å². The van der Waals surface area contributed by atoms with Gasteiger partial charge in [0.2, 0.25) is 0 Å². The van der Waals surface area contributed by atoms with Crippen molar-refractivity contribution in [3.05, 3.63) is 34.4 Å². The molecule has 162 valence electrons. The van der Waals surface area contributed by atoms with Crippen LogP contribution in [0, 0.1) is 42.2 Å². The topological polar surface area (TPSA) is 12.5 Å². The van der Waals surface area contributed by atoms with Gasteiger partial charge in [-0.3, -0.25) is 0 Å². The van der Waals surface area contributed by atoms with Crippen LogP contribution in [0.3, 0.4) is 0 Å². The molecule has 5 atom stereocenters. The molecule has 0 spiro atoms. The Labute approximate surface area is 175 Å². The van der Waals surface area contributed by atoms with Crippen molar-refractivity contribution in [2.45, 2.75) is 97.0 Å². The summed E-state index contributed by atoms with van der Waals surface area (Å²) in [6.45, 7) is 4.72. The first kappa shape index (κ1) is 21.3. The zero-order valence-electron chi connectivity index (χ0n) is 18.3. The van der Waals surface area contributed by atoms with E-state index in [2.05, 4.69) is 6.92 Å². The number of hydrogen-bond donors (Lipinski definition) is 0. The van der Waals surface area contributed by atoms with E-state index in [4.69, 9.17) is 4.74 Å². The smallest absolute Gasteiger partial charge is 0.165 e. The van der Waals surface area contributed by atoms with E-state index in [-0.39, 0.29) is 6.10 Å². The zero-order chi connectivity index (χ0) is 20.4. The number of fused-ring (bicyclic) bond motifs is 1. The van der Waals surface area contributed by atoms with Gasteiger partial charge in [-0.2, -0.15) is 0 Å². The Kier molecular flexibility index (Phi) is 6.94. The molecule has 2 saturated carbocycles. The van der Waals surface area contributed by atoms with Crippen LogP contribution in [0.15, 0.2) is 6.07 Å². The molecular formula is C26H38F2O. The molecule has 1 nitrogen and oxygen atoms in total. The molecule has 1 saturated heterocycles. The standard InChI is InChI=1S/C26H38F2O/c1-3-4-5-6-18-7-10-21-15-19(8-11-20(21)14-18)9-12-22-17(2)13-23(24-16-29-24)26(28)25(22)27/h13,18-21,24H,3-12,14-16H2,1-2H3. The van der Waals surface area contributed by atoms with Gasteiger partial charge in [-0.15, -0.1) is 0 Å². The van der Waals surface area contributed by atoms with Crippen LogP contribution in [0.2, 0.25) is 0 Å². The van der Waals surface area contributed by atoms with Gasteiger partial charge in [0.05, 0.1) is 6.61 Å². The molecule has 3 heteroatoms. The second-order valence-electron chi connectivity index (χ2n) is 10.1. The predicted molar refractivity (Wildman–Crippen MR) is 114 cm³/mol. The maximum atomic E-state index is 14.7. The third-order valence-corrected chi connectivity index (χ3v) is 8.09. The van der Waals surface area contributed by atoms with Gasteiger partial charge in [0.1, 0.15) is 6.10 Å². The van der Waals surface area contributed by atoms with Crippen molar-refractivity contribution in [3.8, 4) is 0 Å². The number of rotatable bonds is 8. The zero-order valence-corrected chi connectivity index (χ0v) is 18.3. The van der Waals surface area contributed by atoms with Crippen molar-refractivity contribution < 1.29 is 13.5 Å². The molecular weight excluding hydrogens is 366 g/mol. The van der Waals surface area contributed by atoms with Crippen molar-refractivity contribution in [1.29, 1.82) is 0 Å². The van der Waals surface area contributed by atoms with E-state index in [1.54, 1.807) is 0 Å². The number of benzene rings is 1. The summed E-state index contributed by atoms with van der Waals surface area (Å²) in [5, 5.41) is 0. The molecule has 0 amide bonds. The molecule has 1 aliphatic heterocycles. The minimum Gasteiger partial charge on any atom is -0.368 e. The maximum absolute atomic E-state index is 14.7. The molecule has 1 aromatic carbocycles. The minimum absolute atomic E-state index is 0.232. The average Bonchev–Trinajstić information content (AvgIpc) is 3.56. The summed E-state index contributed by atoms with van der Waals surface area (Å²) in [5.41, 5.74) is 1.88. The quantitative estimate of drug-likeness (QED) is 0.319. The maximum Gasteiger partial charge on any atom is 0.165 e. The molecule has 0 radical (unpaired) electrons. The molecule has 0 bridgehead atoms. The van der Waals surface area contributed by atoms with Gasteiger partial charge in [-0.25, -0.2) is 8.78 Å². The monoisotopic (exact) mass is 404 g/mol. The molecule has 29 heavy (non-hydrogen) atoms. The van der Waals surface area contributed by atoms with Gasteiger partial charge in [-0.1, -0.05) is 45.4 Å². The van der Waals surface area contributed by atoms with Crippen LogP contribution in [-0.4, -0.2) is 6.61 Å². The van der Waals surface area contributed by atoms with Crippen molar-refractivity contribution >= 4 is 0 Å².